The lowest BCUT2D eigenvalue weighted by Crippen LogP contribution is -2.38. The van der Waals surface area contributed by atoms with Crippen LogP contribution in [0.4, 0.5) is 0 Å². The van der Waals surface area contributed by atoms with Crippen LogP contribution < -0.4 is 5.32 Å². The largest absolute Gasteiger partial charge is 0.456 e. The van der Waals surface area contributed by atoms with Crippen molar-refractivity contribution >= 4 is 27.5 Å². The van der Waals surface area contributed by atoms with E-state index in [4.69, 9.17) is 4.74 Å². The van der Waals surface area contributed by atoms with Gasteiger partial charge in [0.1, 0.15) is 0 Å². The predicted octanol–water partition coefficient (Wildman–Crippen LogP) is 1.37. The van der Waals surface area contributed by atoms with Gasteiger partial charge in [0.15, 0.2) is 22.2 Å². The molecule has 1 N–H and O–H groups in total. The van der Waals surface area contributed by atoms with Crippen molar-refractivity contribution in [2.24, 2.45) is 0 Å². The minimum Gasteiger partial charge on any atom is -0.456 e. The van der Waals surface area contributed by atoms with Crippen LogP contribution in [-0.4, -0.2) is 50.2 Å². The van der Waals surface area contributed by atoms with E-state index in [0.29, 0.717) is 12.0 Å². The summed E-state index contributed by atoms with van der Waals surface area (Å²) in [6.07, 6.45) is 4.64. The van der Waals surface area contributed by atoms with E-state index < -0.39 is 34.4 Å². The van der Waals surface area contributed by atoms with E-state index in [1.165, 1.54) is 17.5 Å². The minimum atomic E-state index is -3.08. The van der Waals surface area contributed by atoms with Crippen molar-refractivity contribution in [2.75, 3.05) is 18.1 Å². The summed E-state index contributed by atoms with van der Waals surface area (Å²) in [4.78, 5) is 35.9. The van der Waals surface area contributed by atoms with E-state index in [2.05, 4.69) is 5.32 Å². The van der Waals surface area contributed by atoms with E-state index in [-0.39, 0.29) is 30.1 Å². The number of ketones is 1. The summed E-state index contributed by atoms with van der Waals surface area (Å²) in [7, 11) is -3.08. The van der Waals surface area contributed by atoms with Crippen molar-refractivity contribution < 1.29 is 27.5 Å². The Kier molecular flexibility index (Phi) is 6.49. The number of carbonyl (C=O) groups excluding carboxylic acids is 3. The molecule has 0 bridgehead atoms. The first kappa shape index (κ1) is 20.5. The lowest BCUT2D eigenvalue weighted by atomic mass is 9.89. The molecule has 1 aromatic rings. The van der Waals surface area contributed by atoms with Gasteiger partial charge in [-0.3, -0.25) is 14.4 Å². The number of hydrogen-bond donors (Lipinski definition) is 1. The molecular weight excluding hydrogens is 382 g/mol. The van der Waals surface area contributed by atoms with Gasteiger partial charge in [-0.25, -0.2) is 8.42 Å². The number of carbonyl (C=O) groups is 3. The number of rotatable bonds is 7. The van der Waals surface area contributed by atoms with Gasteiger partial charge in [-0.2, -0.15) is 0 Å². The molecule has 1 atom stereocenters. The molecule has 0 aromatic heterocycles. The van der Waals surface area contributed by atoms with Crippen molar-refractivity contribution in [3.63, 3.8) is 0 Å². The number of esters is 1. The SMILES string of the molecule is O=C(COC(=O)CCC(=O)c1ccc2c(c1)CCCC2)N[C@H]1CCS(=O)(=O)C1. The van der Waals surface area contributed by atoms with Gasteiger partial charge in [-0.1, -0.05) is 12.1 Å². The number of fused-ring (bicyclic) bond motifs is 1. The number of nitrogens with one attached hydrogen (secondary N) is 1. The lowest BCUT2D eigenvalue weighted by molar-refractivity contribution is -0.148. The maximum absolute atomic E-state index is 12.3. The fourth-order valence-corrected chi connectivity index (χ4v) is 5.34. The maximum atomic E-state index is 12.3. The van der Waals surface area contributed by atoms with E-state index in [1.807, 2.05) is 12.1 Å². The summed E-state index contributed by atoms with van der Waals surface area (Å²) < 4.78 is 27.6. The second kappa shape index (κ2) is 8.86. The van der Waals surface area contributed by atoms with E-state index in [0.717, 1.165) is 19.3 Å². The third kappa shape index (κ3) is 5.64. The highest BCUT2D eigenvalue weighted by Crippen LogP contribution is 2.23. The van der Waals surface area contributed by atoms with Gasteiger partial charge in [-0.15, -0.1) is 0 Å². The molecule has 0 spiro atoms. The molecule has 7 nitrogen and oxygen atoms in total. The molecule has 1 aliphatic carbocycles. The third-order valence-electron chi connectivity index (χ3n) is 5.19. The molecule has 152 valence electrons. The van der Waals surface area contributed by atoms with Gasteiger partial charge in [0.2, 0.25) is 0 Å². The third-order valence-corrected chi connectivity index (χ3v) is 6.96. The summed E-state index contributed by atoms with van der Waals surface area (Å²) in [5, 5.41) is 2.55. The molecule has 28 heavy (non-hydrogen) atoms. The van der Waals surface area contributed by atoms with Crippen LogP contribution in [0.25, 0.3) is 0 Å². The van der Waals surface area contributed by atoms with Crippen molar-refractivity contribution in [3.8, 4) is 0 Å². The van der Waals surface area contributed by atoms with Crippen molar-refractivity contribution in [2.45, 2.75) is 51.0 Å². The van der Waals surface area contributed by atoms with Gasteiger partial charge >= 0.3 is 5.97 Å². The fraction of sp³-hybridized carbons (Fsp3) is 0.550. The molecule has 1 fully saturated rings. The number of Topliss-reactive ketones (excluding diaryl/α,β-unsaturated/α-hetero) is 1. The quantitative estimate of drug-likeness (QED) is 0.541. The summed E-state index contributed by atoms with van der Waals surface area (Å²) in [5.74, 6) is -1.30. The molecule has 0 saturated carbocycles. The highest BCUT2D eigenvalue weighted by Gasteiger charge is 2.29. The molecule has 3 rings (SSSR count). The standard InChI is InChI=1S/C20H25NO6S/c22-18(16-6-5-14-3-1-2-4-15(14)11-16)7-8-20(24)27-12-19(23)21-17-9-10-28(25,26)13-17/h5-6,11,17H,1-4,7-10,12-13H2,(H,21,23)/t17-/m0/s1. The molecule has 8 heteroatoms. The highest BCUT2D eigenvalue weighted by molar-refractivity contribution is 7.91. The summed E-state index contributed by atoms with van der Waals surface area (Å²) in [6, 6.07) is 5.29. The molecule has 1 aliphatic heterocycles. The minimum absolute atomic E-state index is 0.0279. The number of aryl methyl sites for hydroxylation is 2. The Hall–Kier alpha value is -2.22. The molecule has 1 aromatic carbocycles. The Labute approximate surface area is 164 Å². The van der Waals surface area contributed by atoms with Crippen LogP contribution in [0.2, 0.25) is 0 Å². The molecule has 0 unspecified atom stereocenters. The summed E-state index contributed by atoms with van der Waals surface area (Å²) in [6.45, 7) is -0.470. The molecule has 1 amide bonds. The van der Waals surface area contributed by atoms with Gasteiger partial charge < -0.3 is 10.1 Å². The van der Waals surface area contributed by atoms with Gasteiger partial charge in [0.05, 0.1) is 17.9 Å². The van der Waals surface area contributed by atoms with Crippen LogP contribution in [0, 0.1) is 0 Å². The second-order valence-corrected chi connectivity index (χ2v) is 9.67. The zero-order chi connectivity index (χ0) is 20.1. The number of hydrogen-bond acceptors (Lipinski definition) is 6. The van der Waals surface area contributed by atoms with Crippen LogP contribution >= 0.6 is 0 Å². The Morgan fingerprint density at radius 1 is 1.07 bits per heavy atom. The smallest absolute Gasteiger partial charge is 0.306 e. The Morgan fingerprint density at radius 3 is 2.54 bits per heavy atom. The second-order valence-electron chi connectivity index (χ2n) is 7.44. The lowest BCUT2D eigenvalue weighted by Gasteiger charge is -2.16. The van der Waals surface area contributed by atoms with E-state index in [9.17, 15) is 22.8 Å². The molecule has 2 aliphatic rings. The maximum Gasteiger partial charge on any atom is 0.306 e. The number of amides is 1. The normalized spacial score (nSPS) is 20.2. The molecular formula is C20H25NO6S. The van der Waals surface area contributed by atoms with E-state index >= 15 is 0 Å². The summed E-state index contributed by atoms with van der Waals surface area (Å²) in [5.41, 5.74) is 3.11. The van der Waals surface area contributed by atoms with Crippen molar-refractivity contribution in [3.05, 3.63) is 34.9 Å². The Balaban J connectivity index is 1.39. The zero-order valence-electron chi connectivity index (χ0n) is 15.7. The van der Waals surface area contributed by atoms with Gasteiger partial charge in [-0.05, 0) is 49.3 Å². The first-order valence-electron chi connectivity index (χ1n) is 9.63. The van der Waals surface area contributed by atoms with Crippen LogP contribution in [0.3, 0.4) is 0 Å². The average Bonchev–Trinajstić information content (AvgIpc) is 3.02. The number of benzene rings is 1. The van der Waals surface area contributed by atoms with Crippen LogP contribution in [0.5, 0.6) is 0 Å². The first-order valence-corrected chi connectivity index (χ1v) is 11.4. The van der Waals surface area contributed by atoms with E-state index in [1.54, 1.807) is 6.07 Å². The monoisotopic (exact) mass is 407 g/mol. The molecule has 0 radical (unpaired) electrons. The highest BCUT2D eigenvalue weighted by atomic mass is 32.2. The first-order chi connectivity index (χ1) is 13.3. The van der Waals surface area contributed by atoms with Crippen LogP contribution in [-0.2, 0) is 37.0 Å². The molecule has 1 saturated heterocycles. The number of sulfone groups is 1. The van der Waals surface area contributed by atoms with Crippen molar-refractivity contribution in [1.29, 1.82) is 0 Å². The van der Waals surface area contributed by atoms with Gasteiger partial charge in [0, 0.05) is 18.0 Å². The molecule has 1 heterocycles. The zero-order valence-corrected chi connectivity index (χ0v) is 16.6. The fourth-order valence-electron chi connectivity index (χ4n) is 3.66. The van der Waals surface area contributed by atoms with Crippen LogP contribution in [0.15, 0.2) is 18.2 Å². The topological polar surface area (TPSA) is 107 Å². The Morgan fingerprint density at radius 2 is 1.82 bits per heavy atom. The van der Waals surface area contributed by atoms with Crippen LogP contribution in [0.1, 0.15) is 53.6 Å². The van der Waals surface area contributed by atoms with Gasteiger partial charge in [0.25, 0.3) is 5.91 Å². The predicted molar refractivity (Wildman–Crippen MR) is 103 cm³/mol. The average molecular weight is 407 g/mol. The summed E-state index contributed by atoms with van der Waals surface area (Å²) >= 11 is 0. The Bertz CT molecular complexity index is 877. The number of ether oxygens (including phenoxy) is 1. The van der Waals surface area contributed by atoms with Crippen molar-refractivity contribution in [1.82, 2.24) is 5.32 Å².